The van der Waals surface area contributed by atoms with E-state index in [0.29, 0.717) is 17.1 Å². The largest absolute Gasteiger partial charge is 0.379 e. The van der Waals surface area contributed by atoms with Crippen LogP contribution < -0.4 is 16.8 Å². The molecule has 3 aromatic rings. The topological polar surface area (TPSA) is 94.0 Å². The number of nitrogens with two attached hydrogens (primary N) is 2. The van der Waals surface area contributed by atoms with Gasteiger partial charge in [0.1, 0.15) is 5.15 Å². The Morgan fingerprint density at radius 1 is 1.43 bits per heavy atom. The summed E-state index contributed by atoms with van der Waals surface area (Å²) in [5, 5.41) is 8.18. The molecule has 1 atom stereocenters. The number of aromatic nitrogens is 1. The average molecular weight is 435 g/mol. The summed E-state index contributed by atoms with van der Waals surface area (Å²) in [6.07, 6.45) is 4.39. The molecule has 3 aromatic heterocycles. The predicted molar refractivity (Wildman–Crippen MR) is 120 cm³/mol. The van der Waals surface area contributed by atoms with Gasteiger partial charge in [-0.25, -0.2) is 4.98 Å². The summed E-state index contributed by atoms with van der Waals surface area (Å²) in [5.74, 6) is -0.324. The van der Waals surface area contributed by atoms with Gasteiger partial charge in [-0.1, -0.05) is 23.7 Å². The Hall–Kier alpha value is -1.93. The molecule has 0 fully saturated rings. The second-order valence-electron chi connectivity index (χ2n) is 6.66. The van der Waals surface area contributed by atoms with E-state index in [1.807, 2.05) is 12.1 Å². The highest BCUT2D eigenvalue weighted by molar-refractivity contribution is 7.18. The van der Waals surface area contributed by atoms with E-state index in [9.17, 15) is 4.79 Å². The summed E-state index contributed by atoms with van der Waals surface area (Å²) in [7, 11) is 0. The van der Waals surface area contributed by atoms with Gasteiger partial charge in [-0.2, -0.15) is 0 Å². The minimum Gasteiger partial charge on any atom is -0.379 e. The number of primary amides is 1. The number of anilines is 1. The number of fused-ring (bicyclic) bond motifs is 1. The number of hydrogen-bond donors (Lipinski definition) is 3. The van der Waals surface area contributed by atoms with Crippen molar-refractivity contribution in [2.45, 2.75) is 38.8 Å². The Bertz CT molecular complexity index is 982. The first-order valence-electron chi connectivity index (χ1n) is 8.99. The number of nitrogens with zero attached hydrogens (tertiary/aromatic N) is 1. The van der Waals surface area contributed by atoms with Crippen molar-refractivity contribution in [2.75, 3.05) is 5.32 Å². The standard InChI is InChI=1S/C13H11ClN2S2.C7H12N2O/c1-8-7-18-13-10(5-11(14)16-12(8)13)15-6-9-3-2-4-17-9;8-6-3-1-2-5(4-6)7(9)10/h2-5,7H,6H2,1H3,(H,15,16);2,6H,1,3-4,8H2,(H2,9,10). The SMILES string of the molecule is Cc1csc2c(NCc3cccs3)cc(Cl)nc12.NC(=O)C1=CCCC(N)C1. The number of rotatable bonds is 4. The third-order valence-electron chi connectivity index (χ3n) is 4.43. The monoisotopic (exact) mass is 434 g/mol. The predicted octanol–water partition coefficient (Wildman–Crippen LogP) is 4.84. The zero-order valence-corrected chi connectivity index (χ0v) is 18.0. The van der Waals surface area contributed by atoms with Crippen molar-refractivity contribution in [1.82, 2.24) is 4.98 Å². The van der Waals surface area contributed by atoms with Crippen LogP contribution in [0.25, 0.3) is 10.2 Å². The van der Waals surface area contributed by atoms with Gasteiger partial charge in [0, 0.05) is 29.1 Å². The lowest BCUT2D eigenvalue weighted by Gasteiger charge is -2.16. The molecule has 0 radical (unpaired) electrons. The molecule has 1 unspecified atom stereocenters. The van der Waals surface area contributed by atoms with Crippen molar-refractivity contribution in [1.29, 1.82) is 0 Å². The summed E-state index contributed by atoms with van der Waals surface area (Å²) in [6, 6.07) is 6.21. The lowest BCUT2D eigenvalue weighted by Crippen LogP contribution is -2.27. The van der Waals surface area contributed by atoms with Gasteiger partial charge in [0.05, 0.1) is 15.9 Å². The highest BCUT2D eigenvalue weighted by Crippen LogP contribution is 2.33. The second-order valence-corrected chi connectivity index (χ2v) is 8.96. The van der Waals surface area contributed by atoms with Crippen molar-refractivity contribution >= 4 is 56.1 Å². The van der Waals surface area contributed by atoms with E-state index >= 15 is 0 Å². The lowest BCUT2D eigenvalue weighted by atomic mass is 9.95. The van der Waals surface area contributed by atoms with Gasteiger partial charge >= 0.3 is 0 Å². The molecule has 1 aliphatic carbocycles. The highest BCUT2D eigenvalue weighted by Gasteiger charge is 2.14. The Morgan fingerprint density at radius 3 is 2.89 bits per heavy atom. The summed E-state index contributed by atoms with van der Waals surface area (Å²) in [4.78, 5) is 16.3. The van der Waals surface area contributed by atoms with Crippen molar-refractivity contribution < 1.29 is 4.79 Å². The molecular weight excluding hydrogens is 412 g/mol. The molecular formula is C20H23ClN4OS2. The first-order valence-corrected chi connectivity index (χ1v) is 11.1. The fourth-order valence-corrected chi connectivity index (χ4v) is 4.78. The van der Waals surface area contributed by atoms with Gasteiger partial charge in [-0.05, 0) is 48.6 Å². The number of amides is 1. The van der Waals surface area contributed by atoms with Crippen LogP contribution >= 0.6 is 34.3 Å². The molecule has 1 amide bonds. The molecule has 8 heteroatoms. The zero-order chi connectivity index (χ0) is 20.1. The first-order chi connectivity index (χ1) is 13.4. The molecule has 0 spiro atoms. The van der Waals surface area contributed by atoms with Crippen LogP contribution in [-0.4, -0.2) is 16.9 Å². The van der Waals surface area contributed by atoms with Crippen LogP contribution in [0.3, 0.4) is 0 Å². The van der Waals surface area contributed by atoms with Gasteiger partial charge in [0.25, 0.3) is 0 Å². The number of nitrogens with one attached hydrogen (secondary N) is 1. The highest BCUT2D eigenvalue weighted by atomic mass is 35.5. The molecule has 5 nitrogen and oxygen atoms in total. The second kappa shape index (κ2) is 9.52. The number of carbonyl (C=O) groups is 1. The van der Waals surface area contributed by atoms with Crippen LogP contribution in [0, 0.1) is 6.92 Å². The molecule has 28 heavy (non-hydrogen) atoms. The Labute approximate surface area is 177 Å². The smallest absolute Gasteiger partial charge is 0.244 e. The van der Waals surface area contributed by atoms with E-state index < -0.39 is 0 Å². The molecule has 1 aliphatic rings. The maximum Gasteiger partial charge on any atom is 0.244 e. The van der Waals surface area contributed by atoms with Crippen molar-refractivity contribution in [3.63, 3.8) is 0 Å². The van der Waals surface area contributed by atoms with Crippen LogP contribution in [0.15, 0.2) is 40.6 Å². The maximum absolute atomic E-state index is 10.6. The molecule has 0 saturated heterocycles. The van der Waals surface area contributed by atoms with Gasteiger partial charge in [-0.15, -0.1) is 22.7 Å². The van der Waals surface area contributed by atoms with Crippen LogP contribution in [-0.2, 0) is 11.3 Å². The Morgan fingerprint density at radius 2 is 2.25 bits per heavy atom. The molecule has 4 rings (SSSR count). The summed E-state index contributed by atoms with van der Waals surface area (Å²) in [5.41, 5.74) is 14.6. The fraction of sp³-hybridized carbons (Fsp3) is 0.300. The normalized spacial score (nSPS) is 16.2. The number of halogens is 1. The number of hydrogen-bond acceptors (Lipinski definition) is 6. The number of allylic oxidation sites excluding steroid dienone is 1. The van der Waals surface area contributed by atoms with Crippen molar-refractivity contribution in [3.05, 3.63) is 56.2 Å². The number of aryl methyl sites for hydroxylation is 1. The summed E-state index contributed by atoms with van der Waals surface area (Å²) in [6.45, 7) is 2.88. The van der Waals surface area contributed by atoms with E-state index in [2.05, 4.69) is 40.1 Å². The number of thiophene rings is 2. The van der Waals surface area contributed by atoms with Gasteiger partial charge in [0.2, 0.25) is 5.91 Å². The zero-order valence-electron chi connectivity index (χ0n) is 15.6. The lowest BCUT2D eigenvalue weighted by molar-refractivity contribution is -0.114. The molecule has 148 valence electrons. The number of pyridine rings is 1. The summed E-state index contributed by atoms with van der Waals surface area (Å²) >= 11 is 9.52. The van der Waals surface area contributed by atoms with Crippen LogP contribution in [0.4, 0.5) is 5.69 Å². The molecule has 5 N–H and O–H groups in total. The van der Waals surface area contributed by atoms with Crippen LogP contribution in [0.5, 0.6) is 0 Å². The minimum absolute atomic E-state index is 0.132. The quantitative estimate of drug-likeness (QED) is 0.512. The average Bonchev–Trinajstić information content (AvgIpc) is 3.31. The molecule has 0 bridgehead atoms. The Kier molecular flexibility index (Phi) is 7.07. The fourth-order valence-electron chi connectivity index (χ4n) is 2.96. The Balaban J connectivity index is 0.000000192. The van der Waals surface area contributed by atoms with Crippen LogP contribution in [0.2, 0.25) is 5.15 Å². The summed E-state index contributed by atoms with van der Waals surface area (Å²) < 4.78 is 1.17. The van der Waals surface area contributed by atoms with Crippen LogP contribution in [0.1, 0.15) is 29.7 Å². The van der Waals surface area contributed by atoms with Gasteiger partial charge in [-0.3, -0.25) is 4.79 Å². The minimum atomic E-state index is -0.324. The van der Waals surface area contributed by atoms with Gasteiger partial charge < -0.3 is 16.8 Å². The van der Waals surface area contributed by atoms with Crippen molar-refractivity contribution in [3.8, 4) is 0 Å². The third-order valence-corrected chi connectivity index (χ3v) is 6.62. The van der Waals surface area contributed by atoms with E-state index in [-0.39, 0.29) is 11.9 Å². The van der Waals surface area contributed by atoms with Gasteiger partial charge in [0.15, 0.2) is 0 Å². The molecule has 0 aromatic carbocycles. The van der Waals surface area contributed by atoms with E-state index in [0.717, 1.165) is 30.6 Å². The molecule has 0 saturated carbocycles. The first kappa shape index (κ1) is 20.8. The number of carbonyl (C=O) groups excluding carboxylic acids is 1. The molecule has 3 heterocycles. The maximum atomic E-state index is 10.6. The molecule has 0 aliphatic heterocycles. The van der Waals surface area contributed by atoms with E-state index in [1.54, 1.807) is 22.7 Å². The van der Waals surface area contributed by atoms with E-state index in [1.165, 1.54) is 15.1 Å². The van der Waals surface area contributed by atoms with E-state index in [4.69, 9.17) is 23.1 Å². The third kappa shape index (κ3) is 5.32. The van der Waals surface area contributed by atoms with Crippen molar-refractivity contribution in [2.24, 2.45) is 11.5 Å².